The van der Waals surface area contributed by atoms with Crippen molar-refractivity contribution < 1.29 is 4.74 Å². The highest BCUT2D eigenvalue weighted by molar-refractivity contribution is 6.35. The quantitative estimate of drug-likeness (QED) is 0.886. The van der Waals surface area contributed by atoms with Gasteiger partial charge < -0.3 is 10.1 Å². The lowest BCUT2D eigenvalue weighted by Crippen LogP contribution is -2.03. The highest BCUT2D eigenvalue weighted by Crippen LogP contribution is 2.36. The maximum atomic E-state index is 6.28. The number of hydrogen-bond donors (Lipinski definition) is 1. The summed E-state index contributed by atoms with van der Waals surface area (Å²) in [5, 5.41) is 5.05. The van der Waals surface area contributed by atoms with Gasteiger partial charge in [-0.2, -0.15) is 0 Å². The lowest BCUT2D eigenvalue weighted by molar-refractivity contribution is 0.420. The van der Waals surface area contributed by atoms with E-state index in [-0.39, 0.29) is 0 Å². The van der Waals surface area contributed by atoms with Crippen LogP contribution in [0.2, 0.25) is 5.02 Å². The first-order valence-electron chi connectivity index (χ1n) is 6.61. The first-order chi connectivity index (χ1) is 9.21. The summed E-state index contributed by atoms with van der Waals surface area (Å²) >= 11 is 6.28. The van der Waals surface area contributed by atoms with Gasteiger partial charge in [0.2, 0.25) is 0 Å². The van der Waals surface area contributed by atoms with Crippen molar-refractivity contribution in [2.24, 2.45) is 0 Å². The van der Waals surface area contributed by atoms with E-state index in [0.29, 0.717) is 5.02 Å². The van der Waals surface area contributed by atoms with Crippen molar-refractivity contribution in [3.8, 4) is 5.75 Å². The van der Waals surface area contributed by atoms with E-state index >= 15 is 0 Å². The molecule has 0 unspecified atom stereocenters. The molecule has 102 valence electrons. The Morgan fingerprint density at radius 2 is 2.11 bits per heavy atom. The van der Waals surface area contributed by atoms with Crippen LogP contribution in [0.4, 0.5) is 5.69 Å². The second-order valence-electron chi connectivity index (χ2n) is 4.41. The number of pyridine rings is 1. The third-order valence-corrected chi connectivity index (χ3v) is 3.38. The first-order valence-corrected chi connectivity index (χ1v) is 6.99. The van der Waals surface area contributed by atoms with Gasteiger partial charge in [0.05, 0.1) is 23.0 Å². The van der Waals surface area contributed by atoms with E-state index in [1.807, 2.05) is 12.1 Å². The van der Waals surface area contributed by atoms with E-state index in [1.54, 1.807) is 7.11 Å². The minimum Gasteiger partial charge on any atom is -0.496 e. The van der Waals surface area contributed by atoms with Gasteiger partial charge in [-0.25, -0.2) is 0 Å². The lowest BCUT2D eigenvalue weighted by atomic mass is 10.1. The van der Waals surface area contributed by atoms with Gasteiger partial charge in [0, 0.05) is 17.9 Å². The number of benzene rings is 1. The zero-order valence-corrected chi connectivity index (χ0v) is 12.3. The summed E-state index contributed by atoms with van der Waals surface area (Å²) in [5.74, 6) is 0.799. The van der Waals surface area contributed by atoms with Gasteiger partial charge in [-0.05, 0) is 31.0 Å². The minimum absolute atomic E-state index is 0.658. The predicted octanol–water partition coefficient (Wildman–Crippen LogP) is 4.28. The number of aryl methyl sites for hydroxylation is 1. The monoisotopic (exact) mass is 278 g/mol. The zero-order chi connectivity index (χ0) is 13.8. The van der Waals surface area contributed by atoms with Crippen LogP contribution in [-0.4, -0.2) is 18.6 Å². The van der Waals surface area contributed by atoms with Gasteiger partial charge in [0.25, 0.3) is 0 Å². The molecule has 0 radical (unpaired) electrons. The van der Waals surface area contributed by atoms with Crippen LogP contribution in [0.1, 0.15) is 26.0 Å². The Hall–Kier alpha value is -1.48. The fourth-order valence-corrected chi connectivity index (χ4v) is 2.28. The molecule has 0 spiro atoms. The zero-order valence-electron chi connectivity index (χ0n) is 11.6. The molecule has 1 N–H and O–H groups in total. The van der Waals surface area contributed by atoms with E-state index < -0.39 is 0 Å². The van der Waals surface area contributed by atoms with Crippen LogP contribution in [0.25, 0.3) is 10.9 Å². The lowest BCUT2D eigenvalue weighted by Gasteiger charge is -2.14. The summed E-state index contributed by atoms with van der Waals surface area (Å²) < 4.78 is 5.44. The van der Waals surface area contributed by atoms with Crippen molar-refractivity contribution in [3.05, 3.63) is 28.9 Å². The van der Waals surface area contributed by atoms with E-state index in [1.165, 1.54) is 0 Å². The molecule has 0 aliphatic carbocycles. The van der Waals surface area contributed by atoms with Crippen LogP contribution in [0.3, 0.4) is 0 Å². The Balaban J connectivity index is 2.70. The van der Waals surface area contributed by atoms with Crippen molar-refractivity contribution >= 4 is 28.2 Å². The van der Waals surface area contributed by atoms with E-state index in [2.05, 4.69) is 30.2 Å². The number of nitrogens with zero attached hydrogens (tertiary/aromatic N) is 1. The molecule has 0 fully saturated rings. The van der Waals surface area contributed by atoms with E-state index in [4.69, 9.17) is 16.3 Å². The Morgan fingerprint density at radius 1 is 1.32 bits per heavy atom. The highest BCUT2D eigenvalue weighted by Gasteiger charge is 2.12. The molecule has 19 heavy (non-hydrogen) atoms. The summed E-state index contributed by atoms with van der Waals surface area (Å²) in [6.07, 6.45) is 1.94. The SMILES string of the molecule is CCCNc1cc(CC)nc2c(Cl)ccc(OC)c12. The molecule has 3 nitrogen and oxygen atoms in total. The first kappa shape index (κ1) is 13.9. The molecule has 2 rings (SSSR count). The molecule has 0 amide bonds. The number of aromatic nitrogens is 1. The number of rotatable bonds is 5. The topological polar surface area (TPSA) is 34.2 Å². The summed E-state index contributed by atoms with van der Waals surface area (Å²) in [5.41, 5.74) is 2.88. The van der Waals surface area contributed by atoms with Crippen LogP contribution in [0, 0.1) is 0 Å². The van der Waals surface area contributed by atoms with Crippen LogP contribution in [-0.2, 0) is 6.42 Å². The third kappa shape index (κ3) is 2.76. The second kappa shape index (κ2) is 6.11. The number of methoxy groups -OCH3 is 1. The minimum atomic E-state index is 0.658. The summed E-state index contributed by atoms with van der Waals surface area (Å²) in [4.78, 5) is 4.62. The fraction of sp³-hybridized carbons (Fsp3) is 0.400. The molecule has 0 saturated carbocycles. The van der Waals surface area contributed by atoms with Gasteiger partial charge in [-0.15, -0.1) is 0 Å². The van der Waals surface area contributed by atoms with Crippen molar-refractivity contribution in [3.63, 3.8) is 0 Å². The molecule has 2 aromatic rings. The van der Waals surface area contributed by atoms with Crippen molar-refractivity contribution in [1.82, 2.24) is 4.98 Å². The van der Waals surface area contributed by atoms with E-state index in [0.717, 1.165) is 47.4 Å². The molecule has 0 bridgehead atoms. The standard InChI is InChI=1S/C15H19ClN2O/c1-4-8-17-12-9-10(5-2)18-15-11(16)6-7-13(19-3)14(12)15/h6-7,9H,4-5,8H2,1-3H3,(H,17,18). The van der Waals surface area contributed by atoms with E-state index in [9.17, 15) is 0 Å². The van der Waals surface area contributed by atoms with Crippen LogP contribution < -0.4 is 10.1 Å². The molecule has 0 atom stereocenters. The fourth-order valence-electron chi connectivity index (χ4n) is 2.08. The molecule has 1 aromatic carbocycles. The van der Waals surface area contributed by atoms with Crippen LogP contribution in [0.15, 0.2) is 18.2 Å². The largest absolute Gasteiger partial charge is 0.496 e. The molecular formula is C15H19ClN2O. The van der Waals surface area contributed by atoms with Gasteiger partial charge in [-0.3, -0.25) is 4.98 Å². The Kier molecular flexibility index (Phi) is 4.48. The van der Waals surface area contributed by atoms with Crippen molar-refractivity contribution in [2.75, 3.05) is 19.0 Å². The molecule has 0 aliphatic rings. The smallest absolute Gasteiger partial charge is 0.130 e. The number of ether oxygens (including phenoxy) is 1. The van der Waals surface area contributed by atoms with Crippen LogP contribution >= 0.6 is 11.6 Å². The van der Waals surface area contributed by atoms with Gasteiger partial charge in [0.1, 0.15) is 5.75 Å². The predicted molar refractivity (Wildman–Crippen MR) is 81.5 cm³/mol. The maximum Gasteiger partial charge on any atom is 0.130 e. The Bertz CT molecular complexity index is 584. The molecule has 0 aliphatic heterocycles. The van der Waals surface area contributed by atoms with Gasteiger partial charge in [-0.1, -0.05) is 25.4 Å². The summed E-state index contributed by atoms with van der Waals surface area (Å²) in [6.45, 7) is 5.14. The average molecular weight is 279 g/mol. The number of halogens is 1. The molecule has 0 saturated heterocycles. The van der Waals surface area contributed by atoms with Crippen LogP contribution in [0.5, 0.6) is 5.75 Å². The molecule has 1 aromatic heterocycles. The molecule has 4 heteroatoms. The highest BCUT2D eigenvalue weighted by atomic mass is 35.5. The summed E-state index contributed by atoms with van der Waals surface area (Å²) in [6, 6.07) is 5.80. The van der Waals surface area contributed by atoms with Gasteiger partial charge in [0.15, 0.2) is 0 Å². The number of hydrogen-bond acceptors (Lipinski definition) is 3. The number of fused-ring (bicyclic) bond motifs is 1. The molecular weight excluding hydrogens is 260 g/mol. The Labute approximate surface area is 118 Å². The second-order valence-corrected chi connectivity index (χ2v) is 4.82. The molecule has 1 heterocycles. The third-order valence-electron chi connectivity index (χ3n) is 3.07. The number of anilines is 1. The summed E-state index contributed by atoms with van der Waals surface area (Å²) in [7, 11) is 1.67. The average Bonchev–Trinajstić information content (AvgIpc) is 2.45. The maximum absolute atomic E-state index is 6.28. The Morgan fingerprint density at radius 3 is 2.74 bits per heavy atom. The van der Waals surface area contributed by atoms with Crippen molar-refractivity contribution in [1.29, 1.82) is 0 Å². The number of nitrogens with one attached hydrogen (secondary N) is 1. The van der Waals surface area contributed by atoms with Gasteiger partial charge >= 0.3 is 0 Å². The van der Waals surface area contributed by atoms with Crippen molar-refractivity contribution in [2.45, 2.75) is 26.7 Å². The normalized spacial score (nSPS) is 10.7.